The zero-order chi connectivity index (χ0) is 18.8. The molecule has 0 saturated carbocycles. The molecule has 0 spiro atoms. The highest BCUT2D eigenvalue weighted by molar-refractivity contribution is 5.86. The molecule has 1 aromatic rings. The molecule has 1 aliphatic rings. The summed E-state index contributed by atoms with van der Waals surface area (Å²) >= 11 is 0. The van der Waals surface area contributed by atoms with Gasteiger partial charge in [0.2, 0.25) is 0 Å². The van der Waals surface area contributed by atoms with Gasteiger partial charge in [-0.05, 0) is 32.9 Å². The van der Waals surface area contributed by atoms with Gasteiger partial charge < -0.3 is 14.7 Å². The first-order chi connectivity index (χ1) is 11.6. The number of benzene rings is 1. The molecule has 0 aromatic heterocycles. The topological polar surface area (TPSA) is 87.2 Å². The van der Waals surface area contributed by atoms with E-state index < -0.39 is 29.5 Å². The number of halogens is 1. The van der Waals surface area contributed by atoms with Crippen LogP contribution in [0.25, 0.3) is 0 Å². The molecule has 0 aliphatic carbocycles. The molecule has 1 aliphatic heterocycles. The number of carboxylic acid groups (broad SMARTS) is 1. The number of ether oxygens (including phenoxy) is 1. The van der Waals surface area contributed by atoms with Gasteiger partial charge in [0.15, 0.2) is 6.29 Å². The summed E-state index contributed by atoms with van der Waals surface area (Å²) in [5.41, 5.74) is -0.563. The van der Waals surface area contributed by atoms with Gasteiger partial charge in [0.1, 0.15) is 17.5 Å². The minimum atomic E-state index is -1.19. The molecular weight excluding hydrogens is 331 g/mol. The standard InChI is InChI=1S/C17H21FN2O5/c1-17(2,3)25-16(24)20-8-7-19(9-14(20)15(22)23)13-6-4-5-12(18)11(13)10-21/h4-6,10,14H,7-9H2,1-3H3,(H,22,23)/t14-/m0/s1. The van der Waals surface area contributed by atoms with E-state index in [1.807, 2.05) is 0 Å². The highest BCUT2D eigenvalue weighted by Crippen LogP contribution is 2.25. The maximum Gasteiger partial charge on any atom is 0.411 e. The first-order valence-electron chi connectivity index (χ1n) is 7.85. The second-order valence-electron chi connectivity index (χ2n) is 6.76. The highest BCUT2D eigenvalue weighted by Gasteiger charge is 2.38. The lowest BCUT2D eigenvalue weighted by Gasteiger charge is -2.41. The third-order valence-corrected chi connectivity index (χ3v) is 3.78. The lowest BCUT2D eigenvalue weighted by molar-refractivity contribution is -0.143. The fourth-order valence-electron chi connectivity index (χ4n) is 2.67. The van der Waals surface area contributed by atoms with Crippen LogP contribution in [0.2, 0.25) is 0 Å². The fraction of sp³-hybridized carbons (Fsp3) is 0.471. The van der Waals surface area contributed by atoms with Gasteiger partial charge in [-0.1, -0.05) is 6.07 Å². The van der Waals surface area contributed by atoms with Crippen LogP contribution in [0, 0.1) is 5.82 Å². The summed E-state index contributed by atoms with van der Waals surface area (Å²) in [6, 6.07) is 3.01. The number of carbonyl (C=O) groups is 3. The molecule has 1 N–H and O–H groups in total. The summed E-state index contributed by atoms with van der Waals surface area (Å²) in [7, 11) is 0. The summed E-state index contributed by atoms with van der Waals surface area (Å²) in [5.74, 6) is -1.87. The minimum Gasteiger partial charge on any atom is -0.480 e. The van der Waals surface area contributed by atoms with E-state index in [1.54, 1.807) is 31.7 Å². The van der Waals surface area contributed by atoms with Gasteiger partial charge in [0.25, 0.3) is 0 Å². The average molecular weight is 352 g/mol. The van der Waals surface area contributed by atoms with Crippen LogP contribution in [0.15, 0.2) is 18.2 Å². The fourth-order valence-corrected chi connectivity index (χ4v) is 2.67. The largest absolute Gasteiger partial charge is 0.480 e. The molecule has 1 atom stereocenters. The maximum atomic E-state index is 13.8. The minimum absolute atomic E-state index is 0.0706. The lowest BCUT2D eigenvalue weighted by Crippen LogP contribution is -2.59. The smallest absolute Gasteiger partial charge is 0.411 e. The molecule has 1 fully saturated rings. The zero-order valence-electron chi connectivity index (χ0n) is 14.4. The zero-order valence-corrected chi connectivity index (χ0v) is 14.4. The molecule has 1 heterocycles. The predicted octanol–water partition coefficient (Wildman–Crippen LogP) is 2.15. The van der Waals surface area contributed by atoms with Crippen LogP contribution >= 0.6 is 0 Å². The Bertz CT molecular complexity index is 686. The van der Waals surface area contributed by atoms with Crippen LogP contribution in [0.1, 0.15) is 31.1 Å². The van der Waals surface area contributed by atoms with Crippen molar-refractivity contribution in [2.75, 3.05) is 24.5 Å². The Labute approximate surface area is 145 Å². The summed E-state index contributed by atoms with van der Waals surface area (Å²) in [6.07, 6.45) is -0.310. The molecule has 1 aromatic carbocycles. The van der Waals surface area contributed by atoms with Gasteiger partial charge in [0, 0.05) is 19.6 Å². The number of aldehydes is 1. The van der Waals surface area contributed by atoms with E-state index in [0.717, 1.165) is 4.90 Å². The van der Waals surface area contributed by atoms with Crippen LogP contribution in [0.4, 0.5) is 14.9 Å². The summed E-state index contributed by atoms with van der Waals surface area (Å²) in [4.78, 5) is 37.8. The number of amides is 1. The third-order valence-electron chi connectivity index (χ3n) is 3.78. The molecule has 25 heavy (non-hydrogen) atoms. The van der Waals surface area contributed by atoms with Crippen molar-refractivity contribution in [1.82, 2.24) is 4.90 Å². The number of hydrogen-bond acceptors (Lipinski definition) is 5. The van der Waals surface area contributed by atoms with Crippen molar-refractivity contribution >= 4 is 24.0 Å². The number of piperazine rings is 1. The van der Waals surface area contributed by atoms with Gasteiger partial charge in [0.05, 0.1) is 11.3 Å². The molecule has 8 heteroatoms. The first kappa shape index (κ1) is 18.7. The quantitative estimate of drug-likeness (QED) is 0.839. The number of carbonyl (C=O) groups excluding carboxylic acids is 2. The van der Waals surface area contributed by atoms with E-state index in [0.29, 0.717) is 12.0 Å². The molecule has 0 unspecified atom stereocenters. The van der Waals surface area contributed by atoms with Crippen molar-refractivity contribution in [2.24, 2.45) is 0 Å². The van der Waals surface area contributed by atoms with Gasteiger partial charge >= 0.3 is 12.1 Å². The summed E-state index contributed by atoms with van der Waals surface area (Å²) in [5, 5.41) is 9.48. The van der Waals surface area contributed by atoms with Gasteiger partial charge in [-0.15, -0.1) is 0 Å². The monoisotopic (exact) mass is 352 g/mol. The summed E-state index contributed by atoms with van der Waals surface area (Å²) < 4.78 is 19.0. The second kappa shape index (κ2) is 7.08. The maximum absolute atomic E-state index is 13.8. The molecule has 0 radical (unpaired) electrons. The number of hydrogen-bond donors (Lipinski definition) is 1. The van der Waals surface area contributed by atoms with E-state index in [2.05, 4.69) is 0 Å². The number of anilines is 1. The molecule has 7 nitrogen and oxygen atoms in total. The predicted molar refractivity (Wildman–Crippen MR) is 88.4 cm³/mol. The van der Waals surface area contributed by atoms with Crippen molar-refractivity contribution < 1.29 is 28.6 Å². The SMILES string of the molecule is CC(C)(C)OC(=O)N1CCN(c2cccc(F)c2C=O)C[C@H]1C(=O)O. The van der Waals surface area contributed by atoms with Gasteiger partial charge in [-0.25, -0.2) is 14.0 Å². The van der Waals surface area contributed by atoms with Crippen molar-refractivity contribution in [3.63, 3.8) is 0 Å². The Balaban J connectivity index is 2.25. The Hall–Kier alpha value is -2.64. The number of rotatable bonds is 3. The molecule has 2 rings (SSSR count). The van der Waals surface area contributed by atoms with Crippen LogP contribution in [0.5, 0.6) is 0 Å². The van der Waals surface area contributed by atoms with Crippen molar-refractivity contribution in [2.45, 2.75) is 32.4 Å². The van der Waals surface area contributed by atoms with Crippen LogP contribution in [-0.2, 0) is 9.53 Å². The van der Waals surface area contributed by atoms with Gasteiger partial charge in [-0.3, -0.25) is 9.69 Å². The van der Waals surface area contributed by atoms with E-state index in [4.69, 9.17) is 4.74 Å². The van der Waals surface area contributed by atoms with E-state index >= 15 is 0 Å². The molecule has 0 bridgehead atoms. The summed E-state index contributed by atoms with van der Waals surface area (Å²) in [6.45, 7) is 5.35. The highest BCUT2D eigenvalue weighted by atomic mass is 19.1. The Morgan fingerprint density at radius 2 is 2.00 bits per heavy atom. The number of aliphatic carboxylic acids is 1. The number of nitrogens with zero attached hydrogens (tertiary/aromatic N) is 2. The number of carboxylic acids is 1. The molecule has 1 saturated heterocycles. The Morgan fingerprint density at radius 3 is 2.56 bits per heavy atom. The van der Waals surface area contributed by atoms with Crippen LogP contribution in [0.3, 0.4) is 0 Å². The third kappa shape index (κ3) is 4.26. The Morgan fingerprint density at radius 1 is 1.32 bits per heavy atom. The molecule has 136 valence electrons. The van der Waals surface area contributed by atoms with E-state index in [1.165, 1.54) is 12.1 Å². The van der Waals surface area contributed by atoms with Crippen molar-refractivity contribution in [3.8, 4) is 0 Å². The van der Waals surface area contributed by atoms with Gasteiger partial charge in [-0.2, -0.15) is 0 Å². The van der Waals surface area contributed by atoms with E-state index in [-0.39, 0.29) is 25.2 Å². The normalized spacial score (nSPS) is 18.0. The second-order valence-corrected chi connectivity index (χ2v) is 6.76. The lowest BCUT2D eigenvalue weighted by atomic mass is 10.1. The van der Waals surface area contributed by atoms with Crippen molar-refractivity contribution in [3.05, 3.63) is 29.6 Å². The van der Waals surface area contributed by atoms with Crippen LogP contribution < -0.4 is 4.90 Å². The van der Waals surface area contributed by atoms with Crippen molar-refractivity contribution in [1.29, 1.82) is 0 Å². The first-order valence-corrected chi connectivity index (χ1v) is 7.85. The Kier molecular flexibility index (Phi) is 5.30. The average Bonchev–Trinajstić information content (AvgIpc) is 2.52. The van der Waals surface area contributed by atoms with E-state index in [9.17, 15) is 23.9 Å². The molecular formula is C17H21FN2O5. The molecule has 1 amide bonds. The van der Waals surface area contributed by atoms with Crippen LogP contribution in [-0.4, -0.2) is 59.6 Å².